The first-order valence-corrected chi connectivity index (χ1v) is 4.84. The zero-order valence-electron chi connectivity index (χ0n) is 8.55. The standard InChI is InChI=1S/C9H20N2O2/c1-3-5-11(6-7-12)8-9(13)10-4-2/h12H,3-8H2,1-2H3,(H,10,13). The van der Waals surface area contributed by atoms with Crippen LogP contribution in [0.4, 0.5) is 0 Å². The second-order valence-electron chi connectivity index (χ2n) is 2.95. The van der Waals surface area contributed by atoms with Crippen molar-refractivity contribution in [3.63, 3.8) is 0 Å². The van der Waals surface area contributed by atoms with E-state index in [1.54, 1.807) is 0 Å². The highest BCUT2D eigenvalue weighted by atomic mass is 16.3. The number of nitrogens with zero attached hydrogens (tertiary/aromatic N) is 1. The van der Waals surface area contributed by atoms with Gasteiger partial charge in [-0.15, -0.1) is 0 Å². The molecule has 0 atom stereocenters. The molecule has 78 valence electrons. The Morgan fingerprint density at radius 2 is 2.08 bits per heavy atom. The summed E-state index contributed by atoms with van der Waals surface area (Å²) in [4.78, 5) is 13.1. The fourth-order valence-corrected chi connectivity index (χ4v) is 1.18. The molecular formula is C9H20N2O2. The Balaban J connectivity index is 3.71. The Labute approximate surface area is 79.9 Å². The lowest BCUT2D eigenvalue weighted by molar-refractivity contribution is -0.122. The zero-order chi connectivity index (χ0) is 10.1. The molecule has 4 nitrogen and oxygen atoms in total. The summed E-state index contributed by atoms with van der Waals surface area (Å²) in [7, 11) is 0. The van der Waals surface area contributed by atoms with Crippen LogP contribution in [0.3, 0.4) is 0 Å². The van der Waals surface area contributed by atoms with Gasteiger partial charge in [-0.05, 0) is 19.9 Å². The molecule has 0 spiro atoms. The van der Waals surface area contributed by atoms with Crippen molar-refractivity contribution in [3.05, 3.63) is 0 Å². The third-order valence-corrected chi connectivity index (χ3v) is 1.70. The molecule has 0 heterocycles. The Morgan fingerprint density at radius 1 is 1.38 bits per heavy atom. The van der Waals surface area contributed by atoms with Crippen LogP contribution >= 0.6 is 0 Å². The van der Waals surface area contributed by atoms with Gasteiger partial charge in [-0.1, -0.05) is 6.92 Å². The predicted molar refractivity (Wildman–Crippen MR) is 52.5 cm³/mol. The number of nitrogens with one attached hydrogen (secondary N) is 1. The van der Waals surface area contributed by atoms with E-state index in [1.165, 1.54) is 0 Å². The molecule has 0 aromatic carbocycles. The lowest BCUT2D eigenvalue weighted by Crippen LogP contribution is -2.38. The van der Waals surface area contributed by atoms with Crippen molar-refractivity contribution in [2.45, 2.75) is 20.3 Å². The van der Waals surface area contributed by atoms with Crippen LogP contribution in [0, 0.1) is 0 Å². The lowest BCUT2D eigenvalue weighted by Gasteiger charge is -2.19. The molecule has 0 aliphatic heterocycles. The largest absolute Gasteiger partial charge is 0.395 e. The van der Waals surface area contributed by atoms with Crippen LogP contribution in [0.15, 0.2) is 0 Å². The maximum Gasteiger partial charge on any atom is 0.234 e. The van der Waals surface area contributed by atoms with Gasteiger partial charge in [-0.3, -0.25) is 9.69 Å². The number of carbonyl (C=O) groups is 1. The summed E-state index contributed by atoms with van der Waals surface area (Å²) < 4.78 is 0. The number of likely N-dealkylation sites (N-methyl/N-ethyl adjacent to an activating group) is 1. The molecule has 0 rings (SSSR count). The molecule has 4 heteroatoms. The maximum atomic E-state index is 11.2. The molecule has 0 radical (unpaired) electrons. The number of hydrogen-bond acceptors (Lipinski definition) is 3. The van der Waals surface area contributed by atoms with Crippen molar-refractivity contribution in [2.75, 3.05) is 32.8 Å². The Hall–Kier alpha value is -0.610. The third-order valence-electron chi connectivity index (χ3n) is 1.70. The second-order valence-corrected chi connectivity index (χ2v) is 2.95. The van der Waals surface area contributed by atoms with Crippen molar-refractivity contribution in [1.29, 1.82) is 0 Å². The summed E-state index contributed by atoms with van der Waals surface area (Å²) in [5, 5.41) is 11.5. The fourth-order valence-electron chi connectivity index (χ4n) is 1.18. The van der Waals surface area contributed by atoms with Crippen molar-refractivity contribution in [1.82, 2.24) is 10.2 Å². The number of carbonyl (C=O) groups excluding carboxylic acids is 1. The van der Waals surface area contributed by atoms with Crippen LogP contribution in [0.5, 0.6) is 0 Å². The average molecular weight is 188 g/mol. The molecule has 13 heavy (non-hydrogen) atoms. The number of aliphatic hydroxyl groups excluding tert-OH is 1. The molecule has 0 saturated carbocycles. The summed E-state index contributed by atoms with van der Waals surface area (Å²) in [5.41, 5.74) is 0. The van der Waals surface area contributed by atoms with Gasteiger partial charge in [0.25, 0.3) is 0 Å². The average Bonchev–Trinajstić information content (AvgIpc) is 2.05. The van der Waals surface area contributed by atoms with Crippen molar-refractivity contribution in [2.24, 2.45) is 0 Å². The summed E-state index contributed by atoms with van der Waals surface area (Å²) in [6.07, 6.45) is 0.999. The van der Waals surface area contributed by atoms with Crippen LogP contribution in [0.1, 0.15) is 20.3 Å². The van der Waals surface area contributed by atoms with E-state index in [0.29, 0.717) is 19.6 Å². The first kappa shape index (κ1) is 12.4. The molecule has 0 unspecified atom stereocenters. The smallest absolute Gasteiger partial charge is 0.234 e. The second kappa shape index (κ2) is 8.01. The quantitative estimate of drug-likeness (QED) is 0.583. The highest BCUT2D eigenvalue weighted by Crippen LogP contribution is 1.90. The highest BCUT2D eigenvalue weighted by molar-refractivity contribution is 5.77. The van der Waals surface area contributed by atoms with Crippen molar-refractivity contribution >= 4 is 5.91 Å². The Bertz CT molecular complexity index is 134. The van der Waals surface area contributed by atoms with E-state index in [4.69, 9.17) is 5.11 Å². The van der Waals surface area contributed by atoms with Crippen LogP contribution in [-0.2, 0) is 4.79 Å². The minimum atomic E-state index is 0.0319. The van der Waals surface area contributed by atoms with E-state index in [-0.39, 0.29) is 12.5 Å². The van der Waals surface area contributed by atoms with Gasteiger partial charge in [0, 0.05) is 13.1 Å². The van der Waals surface area contributed by atoms with E-state index in [2.05, 4.69) is 12.2 Å². The van der Waals surface area contributed by atoms with E-state index < -0.39 is 0 Å². The van der Waals surface area contributed by atoms with E-state index in [1.807, 2.05) is 11.8 Å². The van der Waals surface area contributed by atoms with Gasteiger partial charge in [0.15, 0.2) is 0 Å². The van der Waals surface area contributed by atoms with Gasteiger partial charge in [-0.2, -0.15) is 0 Å². The molecule has 0 aromatic heterocycles. The van der Waals surface area contributed by atoms with Crippen molar-refractivity contribution < 1.29 is 9.90 Å². The van der Waals surface area contributed by atoms with Gasteiger partial charge in [0.1, 0.15) is 0 Å². The number of hydrogen-bond donors (Lipinski definition) is 2. The number of rotatable bonds is 7. The molecule has 0 aromatic rings. The SMILES string of the molecule is CCCN(CCO)CC(=O)NCC. The van der Waals surface area contributed by atoms with Gasteiger partial charge >= 0.3 is 0 Å². The normalized spacial score (nSPS) is 10.5. The third kappa shape index (κ3) is 6.54. The summed E-state index contributed by atoms with van der Waals surface area (Å²) in [5.74, 6) is 0.0319. The summed E-state index contributed by atoms with van der Waals surface area (Å²) >= 11 is 0. The van der Waals surface area contributed by atoms with E-state index in [9.17, 15) is 4.79 Å². The molecule has 0 saturated heterocycles. The minimum Gasteiger partial charge on any atom is -0.395 e. The van der Waals surface area contributed by atoms with Crippen LogP contribution in [0.2, 0.25) is 0 Å². The number of aliphatic hydroxyl groups is 1. The fraction of sp³-hybridized carbons (Fsp3) is 0.889. The summed E-state index contributed by atoms with van der Waals surface area (Å²) in [6, 6.07) is 0. The van der Waals surface area contributed by atoms with Gasteiger partial charge in [-0.25, -0.2) is 0 Å². The molecule has 0 fully saturated rings. The van der Waals surface area contributed by atoms with Crippen molar-refractivity contribution in [3.8, 4) is 0 Å². The minimum absolute atomic E-state index is 0.0319. The molecule has 0 aliphatic rings. The zero-order valence-corrected chi connectivity index (χ0v) is 8.55. The molecular weight excluding hydrogens is 168 g/mol. The molecule has 0 bridgehead atoms. The lowest BCUT2D eigenvalue weighted by atomic mass is 10.4. The molecule has 1 amide bonds. The monoisotopic (exact) mass is 188 g/mol. The van der Waals surface area contributed by atoms with Gasteiger partial charge in [0.2, 0.25) is 5.91 Å². The first-order chi connectivity index (χ1) is 6.24. The Morgan fingerprint density at radius 3 is 2.54 bits per heavy atom. The van der Waals surface area contributed by atoms with Crippen LogP contribution in [-0.4, -0.2) is 48.7 Å². The summed E-state index contributed by atoms with van der Waals surface area (Å²) in [6.45, 7) is 6.55. The highest BCUT2D eigenvalue weighted by Gasteiger charge is 2.07. The van der Waals surface area contributed by atoms with Crippen LogP contribution < -0.4 is 5.32 Å². The van der Waals surface area contributed by atoms with E-state index in [0.717, 1.165) is 13.0 Å². The predicted octanol–water partition coefficient (Wildman–Crippen LogP) is -0.173. The van der Waals surface area contributed by atoms with Crippen LogP contribution in [0.25, 0.3) is 0 Å². The Kier molecular flexibility index (Phi) is 7.63. The topological polar surface area (TPSA) is 52.6 Å². The first-order valence-electron chi connectivity index (χ1n) is 4.84. The van der Waals surface area contributed by atoms with Gasteiger partial charge in [0.05, 0.1) is 13.2 Å². The maximum absolute atomic E-state index is 11.2. The number of amides is 1. The van der Waals surface area contributed by atoms with E-state index >= 15 is 0 Å². The molecule has 0 aliphatic carbocycles. The molecule has 2 N–H and O–H groups in total. The van der Waals surface area contributed by atoms with Gasteiger partial charge < -0.3 is 10.4 Å².